The van der Waals surface area contributed by atoms with Crippen LogP contribution >= 0.6 is 11.3 Å². The van der Waals surface area contributed by atoms with Crippen LogP contribution in [-0.4, -0.2) is 29.4 Å². The highest BCUT2D eigenvalue weighted by atomic mass is 32.1. The van der Waals surface area contributed by atoms with E-state index in [9.17, 15) is 13.2 Å². The Morgan fingerprint density at radius 1 is 1.19 bits per heavy atom. The lowest BCUT2D eigenvalue weighted by molar-refractivity contribution is -0.141. The minimum absolute atomic E-state index is 0.182. The number of fused-ring (bicyclic) bond motifs is 5. The van der Waals surface area contributed by atoms with Gasteiger partial charge in [-0.2, -0.15) is 18.3 Å². The Kier molecular flexibility index (Phi) is 4.19. The normalized spacial score (nSPS) is 19.4. The van der Waals surface area contributed by atoms with E-state index in [1.165, 1.54) is 21.2 Å². The fourth-order valence-electron chi connectivity index (χ4n) is 4.55. The van der Waals surface area contributed by atoms with Crippen molar-refractivity contribution >= 4 is 27.2 Å². The number of halogens is 3. The first-order chi connectivity index (χ1) is 14.9. The van der Waals surface area contributed by atoms with Gasteiger partial charge >= 0.3 is 6.18 Å². The summed E-state index contributed by atoms with van der Waals surface area (Å²) in [6.45, 7) is 2.61. The number of hydrogen-bond donors (Lipinski definition) is 0. The molecule has 6 nitrogen and oxygen atoms in total. The molecule has 0 aromatic carbocycles. The molecule has 0 unspecified atom stereocenters. The van der Waals surface area contributed by atoms with Crippen LogP contribution in [0.15, 0.2) is 12.4 Å². The zero-order valence-electron chi connectivity index (χ0n) is 17.0. The smallest absolute Gasteiger partial charge is 0.268 e. The van der Waals surface area contributed by atoms with Crippen molar-refractivity contribution in [2.75, 3.05) is 0 Å². The first-order valence-electron chi connectivity index (χ1n) is 10.7. The molecule has 6 rings (SSSR count). The first kappa shape index (κ1) is 19.2. The molecule has 1 fully saturated rings. The number of rotatable bonds is 4. The molecule has 2 aliphatic rings. The summed E-state index contributed by atoms with van der Waals surface area (Å²) in [6, 6.07) is 1.20. The van der Waals surface area contributed by atoms with Crippen LogP contribution in [-0.2, 0) is 32.0 Å². The van der Waals surface area contributed by atoms with E-state index in [-0.39, 0.29) is 5.92 Å². The summed E-state index contributed by atoms with van der Waals surface area (Å²) in [4.78, 5) is 11.7. The maximum atomic E-state index is 13.1. The van der Waals surface area contributed by atoms with Gasteiger partial charge in [0.2, 0.25) is 0 Å². The van der Waals surface area contributed by atoms with Crippen LogP contribution in [0.4, 0.5) is 13.2 Å². The Balaban J connectivity index is 1.32. The molecule has 0 aliphatic heterocycles. The molecule has 4 aromatic rings. The number of hydrogen-bond acceptors (Lipinski definition) is 5. The minimum Gasteiger partial charge on any atom is -0.268 e. The van der Waals surface area contributed by atoms with Crippen molar-refractivity contribution in [2.24, 2.45) is 5.92 Å². The Labute approximate surface area is 180 Å². The van der Waals surface area contributed by atoms with E-state index in [2.05, 4.69) is 22.1 Å². The van der Waals surface area contributed by atoms with E-state index < -0.39 is 11.9 Å². The molecular formula is C21H21F3N6S. The molecular weight excluding hydrogens is 425 g/mol. The van der Waals surface area contributed by atoms with Gasteiger partial charge in [0.15, 0.2) is 17.2 Å². The van der Waals surface area contributed by atoms with Crippen LogP contribution in [0.3, 0.4) is 0 Å². The standard InChI is InChI=1S/C21H21F3N6S/c1-11-2-5-13-15(8-11)31-20-18(13)19-26-17(28-30(19)10-25-20)6-7-29-14(12-3-4-12)9-16(27-29)21(22,23)24/h9-12H,2-8H2,1H3/t11-/m0/s1. The second-order valence-corrected chi connectivity index (χ2v) is 9.86. The number of thiophene rings is 1. The quantitative estimate of drug-likeness (QED) is 0.452. The van der Waals surface area contributed by atoms with Crippen molar-refractivity contribution in [2.45, 2.75) is 64.1 Å². The van der Waals surface area contributed by atoms with E-state index in [1.807, 2.05) is 0 Å². The Morgan fingerprint density at radius 2 is 2.03 bits per heavy atom. The van der Waals surface area contributed by atoms with E-state index in [1.54, 1.807) is 22.2 Å². The lowest BCUT2D eigenvalue weighted by Gasteiger charge is -2.17. The van der Waals surface area contributed by atoms with E-state index >= 15 is 0 Å². The summed E-state index contributed by atoms with van der Waals surface area (Å²) in [5.74, 6) is 1.46. The zero-order valence-corrected chi connectivity index (χ0v) is 17.8. The lowest BCUT2D eigenvalue weighted by Crippen LogP contribution is -2.10. The highest BCUT2D eigenvalue weighted by molar-refractivity contribution is 7.19. The fraction of sp³-hybridized carbons (Fsp3) is 0.524. The molecule has 0 amide bonds. The van der Waals surface area contributed by atoms with Crippen LogP contribution in [0.5, 0.6) is 0 Å². The molecule has 0 saturated heterocycles. The summed E-state index contributed by atoms with van der Waals surface area (Å²) in [5, 5.41) is 9.48. The summed E-state index contributed by atoms with van der Waals surface area (Å²) in [6.07, 6.45) is 2.78. The molecule has 162 valence electrons. The molecule has 0 radical (unpaired) electrons. The Morgan fingerprint density at radius 3 is 2.81 bits per heavy atom. The van der Waals surface area contributed by atoms with Gasteiger partial charge in [0.05, 0.1) is 5.39 Å². The second kappa shape index (κ2) is 6.75. The predicted octanol–water partition coefficient (Wildman–Crippen LogP) is 4.80. The monoisotopic (exact) mass is 446 g/mol. The molecule has 31 heavy (non-hydrogen) atoms. The van der Waals surface area contributed by atoms with E-state index in [0.29, 0.717) is 30.4 Å². The van der Waals surface area contributed by atoms with Crippen LogP contribution in [0.2, 0.25) is 0 Å². The molecule has 2 aliphatic carbocycles. The lowest BCUT2D eigenvalue weighted by atomic mass is 9.89. The van der Waals surface area contributed by atoms with Crippen molar-refractivity contribution in [3.63, 3.8) is 0 Å². The summed E-state index contributed by atoms with van der Waals surface area (Å²) in [7, 11) is 0. The summed E-state index contributed by atoms with van der Waals surface area (Å²) >= 11 is 1.74. The maximum absolute atomic E-state index is 13.1. The van der Waals surface area contributed by atoms with Crippen molar-refractivity contribution in [3.8, 4) is 0 Å². The van der Waals surface area contributed by atoms with Gasteiger partial charge in [-0.25, -0.2) is 14.5 Å². The number of alkyl halides is 3. The topological polar surface area (TPSA) is 60.9 Å². The van der Waals surface area contributed by atoms with Gasteiger partial charge in [0.1, 0.15) is 11.2 Å². The van der Waals surface area contributed by atoms with Gasteiger partial charge < -0.3 is 0 Å². The largest absolute Gasteiger partial charge is 0.435 e. The minimum atomic E-state index is -4.43. The highest BCUT2D eigenvalue weighted by Gasteiger charge is 2.37. The molecule has 1 atom stereocenters. The third kappa shape index (κ3) is 3.31. The van der Waals surface area contributed by atoms with Crippen LogP contribution < -0.4 is 0 Å². The van der Waals surface area contributed by atoms with Crippen LogP contribution in [0, 0.1) is 5.92 Å². The summed E-state index contributed by atoms with van der Waals surface area (Å²) < 4.78 is 42.6. The van der Waals surface area contributed by atoms with Crippen LogP contribution in [0.25, 0.3) is 15.9 Å². The second-order valence-electron chi connectivity index (χ2n) is 8.77. The Bertz CT molecular complexity index is 1300. The van der Waals surface area contributed by atoms with Gasteiger partial charge in [-0.3, -0.25) is 4.68 Å². The summed E-state index contributed by atoms with van der Waals surface area (Å²) in [5.41, 5.74) is 1.99. The van der Waals surface area contributed by atoms with Crippen molar-refractivity contribution in [3.05, 3.63) is 40.0 Å². The molecule has 0 spiro atoms. The third-order valence-electron chi connectivity index (χ3n) is 6.32. The van der Waals surface area contributed by atoms with Crippen molar-refractivity contribution in [1.29, 1.82) is 0 Å². The first-order valence-corrected chi connectivity index (χ1v) is 11.5. The molecule has 4 aromatic heterocycles. The van der Waals surface area contributed by atoms with Gasteiger partial charge in [0, 0.05) is 29.5 Å². The van der Waals surface area contributed by atoms with Gasteiger partial charge in [0.25, 0.3) is 0 Å². The van der Waals surface area contributed by atoms with Gasteiger partial charge in [-0.05, 0) is 49.7 Å². The SMILES string of the molecule is C[C@H]1CCc2c(sc3ncn4nc(CCn5nc(C(F)(F)F)cc5C5CC5)nc4c23)C1. The number of nitrogens with zero attached hydrogens (tertiary/aromatic N) is 6. The van der Waals surface area contributed by atoms with Crippen molar-refractivity contribution in [1.82, 2.24) is 29.4 Å². The molecule has 0 N–H and O–H groups in total. The maximum Gasteiger partial charge on any atom is 0.435 e. The molecule has 1 saturated carbocycles. The number of aryl methyl sites for hydroxylation is 3. The Hall–Kier alpha value is -2.49. The zero-order chi connectivity index (χ0) is 21.3. The van der Waals surface area contributed by atoms with Gasteiger partial charge in [-0.1, -0.05) is 6.92 Å². The fourth-order valence-corrected chi connectivity index (χ4v) is 5.90. The highest BCUT2D eigenvalue weighted by Crippen LogP contribution is 2.42. The van der Waals surface area contributed by atoms with E-state index in [0.717, 1.165) is 48.0 Å². The van der Waals surface area contributed by atoms with Crippen LogP contribution in [0.1, 0.15) is 59.8 Å². The van der Waals surface area contributed by atoms with Crippen molar-refractivity contribution < 1.29 is 13.2 Å². The average Bonchev–Trinajstić information content (AvgIpc) is 3.17. The molecule has 10 heteroatoms. The molecule has 4 heterocycles. The van der Waals surface area contributed by atoms with Gasteiger partial charge in [-0.15, -0.1) is 16.4 Å². The predicted molar refractivity (Wildman–Crippen MR) is 110 cm³/mol. The number of aromatic nitrogens is 6. The molecule has 0 bridgehead atoms. The van der Waals surface area contributed by atoms with E-state index in [4.69, 9.17) is 4.98 Å². The third-order valence-corrected chi connectivity index (χ3v) is 7.48. The average molecular weight is 447 g/mol.